The third-order valence-corrected chi connectivity index (χ3v) is 4.04. The zero-order chi connectivity index (χ0) is 14.6. The zero-order valence-electron chi connectivity index (χ0n) is 11.8. The summed E-state index contributed by atoms with van der Waals surface area (Å²) in [5.41, 5.74) is -1.04. The lowest BCUT2D eigenvalue weighted by Gasteiger charge is -2.41. The first-order valence-electron chi connectivity index (χ1n) is 7.06. The van der Waals surface area contributed by atoms with Gasteiger partial charge in [-0.3, -0.25) is 9.48 Å². The van der Waals surface area contributed by atoms with Gasteiger partial charge >= 0.3 is 0 Å². The van der Waals surface area contributed by atoms with Crippen molar-refractivity contribution in [1.29, 1.82) is 0 Å². The van der Waals surface area contributed by atoms with E-state index in [0.717, 1.165) is 0 Å². The lowest BCUT2D eigenvalue weighted by molar-refractivity contribution is -0.150. The summed E-state index contributed by atoms with van der Waals surface area (Å²) in [7, 11) is 0. The highest BCUT2D eigenvalue weighted by Gasteiger charge is 2.40. The van der Waals surface area contributed by atoms with Gasteiger partial charge in [0.15, 0.2) is 0 Å². The third-order valence-electron chi connectivity index (χ3n) is 4.04. The molecule has 1 amide bonds. The molecule has 0 bridgehead atoms. The van der Waals surface area contributed by atoms with E-state index in [1.54, 1.807) is 15.9 Å². The maximum Gasteiger partial charge on any atom is 0.222 e. The molecule has 1 aliphatic rings. The predicted octanol–water partition coefficient (Wildman–Crippen LogP) is -0.207. The quantitative estimate of drug-likeness (QED) is 0.780. The van der Waals surface area contributed by atoms with Crippen LogP contribution in [-0.4, -0.2) is 60.6 Å². The van der Waals surface area contributed by atoms with Gasteiger partial charge in [-0.15, -0.1) is 0 Å². The van der Waals surface area contributed by atoms with Crippen LogP contribution in [-0.2, 0) is 11.3 Å². The van der Waals surface area contributed by atoms with E-state index in [9.17, 15) is 15.0 Å². The van der Waals surface area contributed by atoms with Crippen molar-refractivity contribution in [2.24, 2.45) is 0 Å². The minimum absolute atomic E-state index is 0.0160. The molecule has 20 heavy (non-hydrogen) atoms. The molecular weight excluding hydrogens is 260 g/mol. The number of likely N-dealkylation sites (tertiary alicyclic amines) is 1. The summed E-state index contributed by atoms with van der Waals surface area (Å²) < 4.78 is 1.69. The molecule has 1 aromatic heterocycles. The van der Waals surface area contributed by atoms with E-state index in [0.29, 0.717) is 38.8 Å². The maximum absolute atomic E-state index is 12.1. The second-order valence-corrected chi connectivity index (χ2v) is 5.32. The average Bonchev–Trinajstić information content (AvgIpc) is 2.95. The first-order valence-corrected chi connectivity index (χ1v) is 7.06. The van der Waals surface area contributed by atoms with Crippen LogP contribution in [0.2, 0.25) is 0 Å². The number of aryl methyl sites for hydroxylation is 1. The number of amides is 1. The third kappa shape index (κ3) is 3.34. The number of β-amino-alcohol motifs (C(OH)–C–C–N with tert-alkyl or cyclic N) is 1. The Labute approximate surface area is 118 Å². The molecule has 2 heterocycles. The van der Waals surface area contributed by atoms with Crippen LogP contribution in [0.15, 0.2) is 12.7 Å². The molecule has 1 aromatic rings. The minimum atomic E-state index is -1.04. The molecule has 0 aromatic carbocycles. The van der Waals surface area contributed by atoms with Gasteiger partial charge < -0.3 is 15.1 Å². The first-order chi connectivity index (χ1) is 9.55. The van der Waals surface area contributed by atoms with Crippen LogP contribution in [0.5, 0.6) is 0 Å². The lowest BCUT2D eigenvalue weighted by Crippen LogP contribution is -2.56. The topological polar surface area (TPSA) is 91.5 Å². The van der Waals surface area contributed by atoms with Crippen LogP contribution in [0.25, 0.3) is 0 Å². The Morgan fingerprint density at radius 1 is 1.55 bits per heavy atom. The number of hydrogen-bond acceptors (Lipinski definition) is 5. The maximum atomic E-state index is 12.1. The van der Waals surface area contributed by atoms with Crippen molar-refractivity contribution >= 4 is 5.91 Å². The fourth-order valence-corrected chi connectivity index (χ4v) is 2.50. The Morgan fingerprint density at radius 3 is 2.95 bits per heavy atom. The van der Waals surface area contributed by atoms with E-state index in [1.165, 1.54) is 6.33 Å². The van der Waals surface area contributed by atoms with Crippen molar-refractivity contribution in [3.63, 3.8) is 0 Å². The predicted molar refractivity (Wildman–Crippen MR) is 71.7 cm³/mol. The summed E-state index contributed by atoms with van der Waals surface area (Å²) in [5, 5.41) is 24.1. The molecule has 2 N–H and O–H groups in total. The number of piperidine rings is 1. The Balaban J connectivity index is 1.76. The number of hydrogen-bond donors (Lipinski definition) is 2. The number of carbonyl (C=O) groups excluding carboxylic acids is 1. The monoisotopic (exact) mass is 282 g/mol. The summed E-state index contributed by atoms with van der Waals surface area (Å²) in [6.07, 6.45) is 4.26. The zero-order valence-corrected chi connectivity index (χ0v) is 11.8. The Bertz CT molecular complexity index is 437. The highest BCUT2D eigenvalue weighted by atomic mass is 16.3. The summed E-state index contributed by atoms with van der Waals surface area (Å²) in [5.74, 6) is 0.0160. The molecule has 112 valence electrons. The van der Waals surface area contributed by atoms with Crippen molar-refractivity contribution in [3.8, 4) is 0 Å². The molecule has 1 fully saturated rings. The molecule has 2 unspecified atom stereocenters. The van der Waals surface area contributed by atoms with Gasteiger partial charge in [0, 0.05) is 26.1 Å². The standard InChI is InChI=1S/C13H22N4O3/c1-2-13(20)5-7-16(8-11(13)18)12(19)4-3-6-17-10-14-9-15-17/h9-11,18,20H,2-8H2,1H3. The van der Waals surface area contributed by atoms with Crippen LogP contribution in [0.1, 0.15) is 32.6 Å². The highest BCUT2D eigenvalue weighted by molar-refractivity contribution is 5.76. The molecule has 7 nitrogen and oxygen atoms in total. The summed E-state index contributed by atoms with van der Waals surface area (Å²) >= 11 is 0. The second-order valence-electron chi connectivity index (χ2n) is 5.32. The summed E-state index contributed by atoms with van der Waals surface area (Å²) in [4.78, 5) is 17.5. The smallest absolute Gasteiger partial charge is 0.222 e. The van der Waals surface area contributed by atoms with Gasteiger partial charge in [0.05, 0.1) is 5.60 Å². The molecule has 0 radical (unpaired) electrons. The van der Waals surface area contributed by atoms with E-state index in [4.69, 9.17) is 0 Å². The van der Waals surface area contributed by atoms with Crippen molar-refractivity contribution in [2.45, 2.75) is 50.9 Å². The molecule has 2 atom stereocenters. The number of aliphatic hydroxyl groups is 2. The molecule has 0 saturated carbocycles. The molecule has 7 heteroatoms. The van der Waals surface area contributed by atoms with Crippen LogP contribution >= 0.6 is 0 Å². The average molecular weight is 282 g/mol. The van der Waals surface area contributed by atoms with E-state index in [-0.39, 0.29) is 12.5 Å². The number of carbonyl (C=O) groups is 1. The lowest BCUT2D eigenvalue weighted by atomic mass is 9.86. The second kappa shape index (κ2) is 6.32. The number of rotatable bonds is 5. The van der Waals surface area contributed by atoms with Crippen LogP contribution in [0.4, 0.5) is 0 Å². The van der Waals surface area contributed by atoms with E-state index in [2.05, 4.69) is 10.1 Å². The number of aliphatic hydroxyl groups excluding tert-OH is 1. The Hall–Kier alpha value is -1.47. The number of nitrogens with zero attached hydrogens (tertiary/aromatic N) is 4. The molecule has 1 aliphatic heterocycles. The van der Waals surface area contributed by atoms with E-state index >= 15 is 0 Å². The molecule has 0 spiro atoms. The molecule has 1 saturated heterocycles. The van der Waals surface area contributed by atoms with Crippen molar-refractivity contribution in [1.82, 2.24) is 19.7 Å². The van der Waals surface area contributed by atoms with Gasteiger partial charge in [0.1, 0.15) is 18.8 Å². The van der Waals surface area contributed by atoms with Crippen molar-refractivity contribution in [2.75, 3.05) is 13.1 Å². The van der Waals surface area contributed by atoms with Crippen LogP contribution < -0.4 is 0 Å². The van der Waals surface area contributed by atoms with Gasteiger partial charge in [-0.25, -0.2) is 4.98 Å². The van der Waals surface area contributed by atoms with Crippen LogP contribution in [0, 0.1) is 0 Å². The number of aromatic nitrogens is 3. The fraction of sp³-hybridized carbons (Fsp3) is 0.769. The van der Waals surface area contributed by atoms with Gasteiger partial charge in [-0.2, -0.15) is 5.10 Å². The van der Waals surface area contributed by atoms with Crippen LogP contribution in [0.3, 0.4) is 0 Å². The summed E-state index contributed by atoms with van der Waals surface area (Å²) in [6.45, 7) is 3.22. The molecule has 2 rings (SSSR count). The summed E-state index contributed by atoms with van der Waals surface area (Å²) in [6, 6.07) is 0. The van der Waals surface area contributed by atoms with E-state index < -0.39 is 11.7 Å². The van der Waals surface area contributed by atoms with E-state index in [1.807, 2.05) is 6.92 Å². The Morgan fingerprint density at radius 2 is 2.35 bits per heavy atom. The fourth-order valence-electron chi connectivity index (χ4n) is 2.50. The van der Waals surface area contributed by atoms with Gasteiger partial charge in [0.25, 0.3) is 0 Å². The van der Waals surface area contributed by atoms with Gasteiger partial charge in [-0.05, 0) is 19.3 Å². The Kier molecular flexibility index (Phi) is 4.72. The minimum Gasteiger partial charge on any atom is -0.388 e. The van der Waals surface area contributed by atoms with Gasteiger partial charge in [0.2, 0.25) is 5.91 Å². The van der Waals surface area contributed by atoms with Crippen molar-refractivity contribution < 1.29 is 15.0 Å². The molecular formula is C13H22N4O3. The van der Waals surface area contributed by atoms with Crippen molar-refractivity contribution in [3.05, 3.63) is 12.7 Å². The largest absolute Gasteiger partial charge is 0.388 e. The molecule has 0 aliphatic carbocycles. The first kappa shape index (κ1) is 14.9. The SMILES string of the molecule is CCC1(O)CCN(C(=O)CCCn2cncn2)CC1O. The highest BCUT2D eigenvalue weighted by Crippen LogP contribution is 2.26. The normalized spacial score (nSPS) is 26.8. The van der Waals surface area contributed by atoms with Gasteiger partial charge in [-0.1, -0.05) is 6.92 Å².